The lowest BCUT2D eigenvalue weighted by Gasteiger charge is -2.06. The second-order valence-electron chi connectivity index (χ2n) is 2.83. The molecule has 0 aliphatic heterocycles. The number of aryl methyl sites for hydroxylation is 1. The maximum atomic E-state index is 8.25. The normalized spacial score (nSPS) is 10.8. The van der Waals surface area contributed by atoms with Crippen molar-refractivity contribution in [3.8, 4) is 0 Å². The van der Waals surface area contributed by atoms with Crippen LogP contribution in [0.1, 0.15) is 11.1 Å². The highest BCUT2D eigenvalue weighted by molar-refractivity contribution is 5.22. The minimum atomic E-state index is -0.268. The smallest absolute Gasteiger partial charge is 0.0776 e. The van der Waals surface area contributed by atoms with Gasteiger partial charge in [-0.3, -0.25) is 15.3 Å². The van der Waals surface area contributed by atoms with Gasteiger partial charge < -0.3 is 0 Å². The highest BCUT2D eigenvalue weighted by atomic mass is 17.1. The Balaban J connectivity index is 2.37. The molecule has 0 amide bonds. The summed E-state index contributed by atoms with van der Waals surface area (Å²) >= 11 is 0. The molecule has 0 unspecified atom stereocenters. The number of benzene rings is 1. The van der Waals surface area contributed by atoms with E-state index in [1.807, 2.05) is 31.2 Å². The zero-order valence-corrected chi connectivity index (χ0v) is 7.47. The lowest BCUT2D eigenvalue weighted by atomic mass is 10.1. The van der Waals surface area contributed by atoms with E-state index < -0.39 is 0 Å². The van der Waals surface area contributed by atoms with Gasteiger partial charge in [0.15, 0.2) is 0 Å². The molecule has 0 heterocycles. The van der Waals surface area contributed by atoms with Crippen molar-refractivity contribution in [3.63, 3.8) is 0 Å². The van der Waals surface area contributed by atoms with Gasteiger partial charge in [-0.25, -0.2) is 0 Å². The minimum absolute atomic E-state index is 0.246. The van der Waals surface area contributed by atoms with Gasteiger partial charge >= 0.3 is 0 Å². The van der Waals surface area contributed by atoms with E-state index in [-0.39, 0.29) is 12.0 Å². The van der Waals surface area contributed by atoms with E-state index in [1.54, 1.807) is 0 Å². The molecule has 0 bridgehead atoms. The monoisotopic (exact) mass is 183 g/mol. The van der Waals surface area contributed by atoms with Crippen molar-refractivity contribution >= 4 is 0 Å². The Morgan fingerprint density at radius 3 is 2.77 bits per heavy atom. The van der Waals surface area contributed by atoms with Crippen molar-refractivity contribution < 1.29 is 15.3 Å². The predicted octanol–water partition coefficient (Wildman–Crippen LogP) is 1.55. The summed E-state index contributed by atoms with van der Waals surface area (Å²) in [5.74, 6) is 0. The molecule has 0 aliphatic rings. The van der Waals surface area contributed by atoms with Gasteiger partial charge in [-0.05, 0) is 18.9 Å². The fraction of sp³-hybridized carbons (Fsp3) is 0.333. The van der Waals surface area contributed by atoms with E-state index >= 15 is 0 Å². The molecule has 0 aromatic heterocycles. The Hall–Kier alpha value is -0.940. The van der Waals surface area contributed by atoms with E-state index in [0.717, 1.165) is 5.56 Å². The Labute approximate surface area is 76.9 Å². The van der Waals surface area contributed by atoms with Crippen LogP contribution >= 0.6 is 0 Å². The summed E-state index contributed by atoms with van der Waals surface area (Å²) in [4.78, 5) is 4.43. The number of rotatable bonds is 4. The topological polar surface area (TPSA) is 52.9 Å². The number of hydrogen-bond donors (Lipinski definition) is 2. The predicted molar refractivity (Wildman–Crippen MR) is 46.2 cm³/mol. The summed E-state index contributed by atoms with van der Waals surface area (Å²) in [5.41, 5.74) is 2.30. The van der Waals surface area contributed by atoms with Gasteiger partial charge in [0, 0.05) is 0 Å². The molecule has 72 valence electrons. The van der Waals surface area contributed by atoms with Gasteiger partial charge in [0.1, 0.15) is 0 Å². The van der Waals surface area contributed by atoms with Crippen LogP contribution in [0.3, 0.4) is 0 Å². The lowest BCUT2D eigenvalue weighted by Crippen LogP contribution is -2.16. The van der Waals surface area contributed by atoms with Crippen LogP contribution in [0, 0.1) is 6.92 Å². The third-order valence-corrected chi connectivity index (χ3v) is 1.68. The Morgan fingerprint density at radius 2 is 2.15 bits per heavy atom. The highest BCUT2D eigenvalue weighted by Crippen LogP contribution is 2.04. The molecule has 2 N–H and O–H groups in total. The van der Waals surface area contributed by atoms with Crippen molar-refractivity contribution in [1.82, 2.24) is 5.39 Å². The number of hydrogen-bond acceptors (Lipinski definition) is 4. The van der Waals surface area contributed by atoms with E-state index in [1.165, 1.54) is 5.56 Å². The first-order valence-corrected chi connectivity index (χ1v) is 4.05. The Kier molecular flexibility index (Phi) is 3.85. The van der Waals surface area contributed by atoms with Crippen LogP contribution < -0.4 is 0 Å². The van der Waals surface area contributed by atoms with E-state index in [9.17, 15) is 0 Å². The van der Waals surface area contributed by atoms with Crippen LogP contribution in [0.2, 0.25) is 0 Å². The molecule has 1 aromatic rings. The average Bonchev–Trinajstić information content (AvgIpc) is 2.03. The first-order valence-electron chi connectivity index (χ1n) is 4.05. The summed E-state index contributed by atoms with van der Waals surface area (Å²) in [7, 11) is 0. The highest BCUT2D eigenvalue weighted by Gasteiger charge is 1.96. The quantitative estimate of drug-likeness (QED) is 0.695. The van der Waals surface area contributed by atoms with Crippen LogP contribution in [0.15, 0.2) is 24.3 Å². The van der Waals surface area contributed by atoms with Gasteiger partial charge in [-0.2, -0.15) is 0 Å². The van der Waals surface area contributed by atoms with Crippen molar-refractivity contribution in [2.45, 2.75) is 13.3 Å². The maximum Gasteiger partial charge on any atom is 0.0776 e. The summed E-state index contributed by atoms with van der Waals surface area (Å²) in [6.45, 7) is 2.26. The van der Waals surface area contributed by atoms with Gasteiger partial charge in [-0.1, -0.05) is 29.8 Å². The molecule has 1 aromatic carbocycles. The fourth-order valence-corrected chi connectivity index (χ4v) is 1.11. The average molecular weight is 183 g/mol. The molecule has 4 heteroatoms. The number of nitrogens with zero attached hydrogens (tertiary/aromatic N) is 1. The molecule has 0 fully saturated rings. The molecule has 0 spiro atoms. The first-order chi connectivity index (χ1) is 6.18. The molecule has 1 rings (SSSR count). The molecule has 4 nitrogen and oxygen atoms in total. The van der Waals surface area contributed by atoms with E-state index in [2.05, 4.69) is 4.84 Å². The molecular formula is C9H13NO3. The largest absolute Gasteiger partial charge is 0.266 e. The van der Waals surface area contributed by atoms with Crippen LogP contribution in [0.25, 0.3) is 0 Å². The first kappa shape index (κ1) is 10.1. The van der Waals surface area contributed by atoms with Crippen molar-refractivity contribution in [2.24, 2.45) is 0 Å². The van der Waals surface area contributed by atoms with E-state index in [0.29, 0.717) is 6.42 Å². The summed E-state index contributed by atoms with van der Waals surface area (Å²) in [5, 5.41) is 16.2. The molecule has 13 heavy (non-hydrogen) atoms. The van der Waals surface area contributed by atoms with Gasteiger partial charge in [-0.15, -0.1) is 0 Å². The second-order valence-corrected chi connectivity index (χ2v) is 2.83. The zero-order valence-electron chi connectivity index (χ0n) is 7.47. The Morgan fingerprint density at radius 1 is 1.38 bits per heavy atom. The minimum Gasteiger partial charge on any atom is -0.266 e. The molecule has 0 radical (unpaired) electrons. The molecular weight excluding hydrogens is 170 g/mol. The molecule has 0 aliphatic carbocycles. The van der Waals surface area contributed by atoms with Crippen LogP contribution in [0.4, 0.5) is 0 Å². The van der Waals surface area contributed by atoms with Crippen LogP contribution in [-0.2, 0) is 11.3 Å². The SMILES string of the molecule is Cc1cccc(CCON(O)O)c1. The third kappa shape index (κ3) is 4.00. The fourth-order valence-electron chi connectivity index (χ4n) is 1.11. The summed E-state index contributed by atoms with van der Waals surface area (Å²) < 4.78 is 0. The van der Waals surface area contributed by atoms with Gasteiger partial charge in [0.25, 0.3) is 0 Å². The Bertz CT molecular complexity index is 263. The van der Waals surface area contributed by atoms with Gasteiger partial charge in [0.2, 0.25) is 0 Å². The van der Waals surface area contributed by atoms with Gasteiger partial charge in [0.05, 0.1) is 12.0 Å². The molecule has 0 saturated heterocycles. The van der Waals surface area contributed by atoms with Crippen molar-refractivity contribution in [1.29, 1.82) is 0 Å². The second kappa shape index (κ2) is 4.94. The van der Waals surface area contributed by atoms with E-state index in [4.69, 9.17) is 10.4 Å². The maximum absolute atomic E-state index is 8.25. The van der Waals surface area contributed by atoms with Crippen LogP contribution in [-0.4, -0.2) is 22.4 Å². The summed E-state index contributed by atoms with van der Waals surface area (Å²) in [6, 6.07) is 7.97. The lowest BCUT2D eigenvalue weighted by molar-refractivity contribution is -0.492. The standard InChI is InChI=1S/C9H13NO3/c1-8-3-2-4-9(7-8)5-6-13-10(11)12/h2-4,7,11-12H,5-6H2,1H3. The summed E-state index contributed by atoms with van der Waals surface area (Å²) in [6.07, 6.45) is 0.652. The van der Waals surface area contributed by atoms with Crippen molar-refractivity contribution in [3.05, 3.63) is 35.4 Å². The molecule has 0 atom stereocenters. The third-order valence-electron chi connectivity index (χ3n) is 1.68. The molecule has 0 saturated carbocycles. The van der Waals surface area contributed by atoms with Crippen molar-refractivity contribution in [2.75, 3.05) is 6.61 Å². The van der Waals surface area contributed by atoms with Crippen LogP contribution in [0.5, 0.6) is 0 Å². The zero-order chi connectivity index (χ0) is 9.68.